The molecule has 0 radical (unpaired) electrons. The minimum absolute atomic E-state index is 0.211. The summed E-state index contributed by atoms with van der Waals surface area (Å²) in [4.78, 5) is 16.2. The average Bonchev–Trinajstić information content (AvgIpc) is 2.47. The van der Waals surface area contributed by atoms with Crippen molar-refractivity contribution in [3.05, 3.63) is 59.4 Å². The second-order valence-electron chi connectivity index (χ2n) is 4.25. The van der Waals surface area contributed by atoms with E-state index in [4.69, 9.17) is 5.73 Å². The van der Waals surface area contributed by atoms with Gasteiger partial charge < -0.3 is 11.1 Å². The Bertz CT molecular complexity index is 666. The number of nitrogens with zero attached hydrogens (tertiary/aromatic N) is 1. The van der Waals surface area contributed by atoms with E-state index < -0.39 is 0 Å². The number of rotatable bonds is 2. The molecule has 0 aliphatic heterocycles. The molecule has 1 aromatic carbocycles. The SMILES string of the molecule is Cc1ccc(NC(=O)c2ccncc2C#CCN)cc1. The van der Waals surface area contributed by atoms with Crippen LogP contribution in [0.25, 0.3) is 0 Å². The van der Waals surface area contributed by atoms with E-state index in [1.54, 1.807) is 18.5 Å². The molecule has 0 aliphatic carbocycles. The lowest BCUT2D eigenvalue weighted by Gasteiger charge is -2.07. The van der Waals surface area contributed by atoms with Crippen molar-refractivity contribution in [2.75, 3.05) is 11.9 Å². The number of aromatic nitrogens is 1. The Morgan fingerprint density at radius 2 is 2.05 bits per heavy atom. The van der Waals surface area contributed by atoms with E-state index >= 15 is 0 Å². The van der Waals surface area contributed by atoms with E-state index in [0.717, 1.165) is 11.3 Å². The van der Waals surface area contributed by atoms with Crippen molar-refractivity contribution in [2.24, 2.45) is 5.73 Å². The minimum Gasteiger partial charge on any atom is -0.322 e. The number of benzene rings is 1. The highest BCUT2D eigenvalue weighted by Gasteiger charge is 2.10. The molecular formula is C16H15N3O. The van der Waals surface area contributed by atoms with Crippen molar-refractivity contribution in [1.29, 1.82) is 0 Å². The van der Waals surface area contributed by atoms with Gasteiger partial charge in [0.15, 0.2) is 0 Å². The second kappa shape index (κ2) is 6.50. The van der Waals surface area contributed by atoms with E-state index in [-0.39, 0.29) is 12.5 Å². The van der Waals surface area contributed by atoms with Crippen LogP contribution in [0.1, 0.15) is 21.5 Å². The van der Waals surface area contributed by atoms with E-state index in [9.17, 15) is 4.79 Å². The molecule has 4 nitrogen and oxygen atoms in total. The molecule has 2 rings (SSSR count). The first-order valence-corrected chi connectivity index (χ1v) is 6.21. The summed E-state index contributed by atoms with van der Waals surface area (Å²) in [5, 5.41) is 2.84. The molecule has 0 saturated carbocycles. The monoisotopic (exact) mass is 265 g/mol. The maximum atomic E-state index is 12.2. The Balaban J connectivity index is 2.23. The van der Waals surface area contributed by atoms with Crippen LogP contribution in [-0.2, 0) is 0 Å². The van der Waals surface area contributed by atoms with Gasteiger partial charge in [0.05, 0.1) is 17.7 Å². The molecule has 0 spiro atoms. The molecule has 0 unspecified atom stereocenters. The molecule has 0 atom stereocenters. The predicted octanol–water partition coefficient (Wildman–Crippen LogP) is 1.95. The smallest absolute Gasteiger partial charge is 0.257 e. The lowest BCUT2D eigenvalue weighted by atomic mass is 10.1. The van der Waals surface area contributed by atoms with Crippen LogP contribution in [0, 0.1) is 18.8 Å². The fraction of sp³-hybridized carbons (Fsp3) is 0.125. The van der Waals surface area contributed by atoms with Crippen molar-refractivity contribution in [2.45, 2.75) is 6.92 Å². The van der Waals surface area contributed by atoms with Crippen molar-refractivity contribution < 1.29 is 4.79 Å². The van der Waals surface area contributed by atoms with Crippen LogP contribution >= 0.6 is 0 Å². The van der Waals surface area contributed by atoms with E-state index in [0.29, 0.717) is 11.1 Å². The number of carbonyl (C=O) groups is 1. The number of pyridine rings is 1. The number of aryl methyl sites for hydroxylation is 1. The van der Waals surface area contributed by atoms with Crippen LogP contribution in [0.15, 0.2) is 42.7 Å². The maximum absolute atomic E-state index is 12.2. The molecule has 0 bridgehead atoms. The summed E-state index contributed by atoms with van der Waals surface area (Å²) in [6.07, 6.45) is 3.13. The van der Waals surface area contributed by atoms with Gasteiger partial charge in [-0.1, -0.05) is 29.5 Å². The Labute approximate surface area is 118 Å². The van der Waals surface area contributed by atoms with Crippen molar-refractivity contribution in [3.63, 3.8) is 0 Å². The van der Waals surface area contributed by atoms with Crippen molar-refractivity contribution >= 4 is 11.6 Å². The zero-order valence-electron chi connectivity index (χ0n) is 11.2. The van der Waals surface area contributed by atoms with E-state index in [1.165, 1.54) is 0 Å². The van der Waals surface area contributed by atoms with Crippen molar-refractivity contribution in [3.8, 4) is 11.8 Å². The first-order chi connectivity index (χ1) is 9.70. The van der Waals surface area contributed by atoms with Gasteiger partial charge in [0, 0.05) is 18.1 Å². The third kappa shape index (κ3) is 3.44. The predicted molar refractivity (Wildman–Crippen MR) is 79.3 cm³/mol. The molecule has 0 fully saturated rings. The van der Waals surface area contributed by atoms with E-state index in [1.807, 2.05) is 31.2 Å². The van der Waals surface area contributed by atoms with Crippen LogP contribution in [0.4, 0.5) is 5.69 Å². The highest BCUT2D eigenvalue weighted by Crippen LogP contribution is 2.12. The van der Waals surface area contributed by atoms with Crippen molar-refractivity contribution in [1.82, 2.24) is 4.98 Å². The van der Waals surface area contributed by atoms with Gasteiger partial charge in [-0.2, -0.15) is 0 Å². The van der Waals surface area contributed by atoms with Crippen LogP contribution in [0.3, 0.4) is 0 Å². The number of anilines is 1. The Hall–Kier alpha value is -2.64. The lowest BCUT2D eigenvalue weighted by Crippen LogP contribution is -2.13. The molecular weight excluding hydrogens is 250 g/mol. The number of nitrogens with one attached hydrogen (secondary N) is 1. The normalized spacial score (nSPS) is 9.50. The number of nitrogens with two attached hydrogens (primary N) is 1. The Morgan fingerprint density at radius 1 is 1.30 bits per heavy atom. The molecule has 4 heteroatoms. The van der Waals surface area contributed by atoms with E-state index in [2.05, 4.69) is 22.1 Å². The van der Waals surface area contributed by atoms with Gasteiger partial charge in [-0.15, -0.1) is 0 Å². The summed E-state index contributed by atoms with van der Waals surface area (Å²) in [7, 11) is 0. The van der Waals surface area contributed by atoms with Gasteiger partial charge in [0.2, 0.25) is 0 Å². The van der Waals surface area contributed by atoms with Gasteiger partial charge >= 0.3 is 0 Å². The zero-order chi connectivity index (χ0) is 14.4. The van der Waals surface area contributed by atoms with Gasteiger partial charge in [-0.05, 0) is 25.1 Å². The van der Waals surface area contributed by atoms with Crippen LogP contribution in [0.5, 0.6) is 0 Å². The maximum Gasteiger partial charge on any atom is 0.257 e. The minimum atomic E-state index is -0.211. The third-order valence-electron chi connectivity index (χ3n) is 2.70. The van der Waals surface area contributed by atoms with Gasteiger partial charge in [0.1, 0.15) is 0 Å². The summed E-state index contributed by atoms with van der Waals surface area (Å²) >= 11 is 0. The second-order valence-corrected chi connectivity index (χ2v) is 4.25. The van der Waals surface area contributed by atoms with Crippen LogP contribution < -0.4 is 11.1 Å². The molecule has 1 aromatic heterocycles. The zero-order valence-corrected chi connectivity index (χ0v) is 11.2. The number of hydrogen-bond donors (Lipinski definition) is 2. The van der Waals surface area contributed by atoms with Gasteiger partial charge in [-0.25, -0.2) is 0 Å². The van der Waals surface area contributed by atoms with Crippen LogP contribution in [0.2, 0.25) is 0 Å². The fourth-order valence-corrected chi connectivity index (χ4v) is 1.67. The van der Waals surface area contributed by atoms with Crippen LogP contribution in [-0.4, -0.2) is 17.4 Å². The molecule has 100 valence electrons. The molecule has 0 saturated heterocycles. The summed E-state index contributed by atoms with van der Waals surface area (Å²) in [5.74, 6) is 5.37. The summed E-state index contributed by atoms with van der Waals surface area (Å²) < 4.78 is 0. The summed E-state index contributed by atoms with van der Waals surface area (Å²) in [6.45, 7) is 2.24. The Kier molecular flexibility index (Phi) is 4.48. The molecule has 0 aliphatic rings. The number of carbonyl (C=O) groups excluding carboxylic acids is 1. The van der Waals surface area contributed by atoms with Gasteiger partial charge in [-0.3, -0.25) is 9.78 Å². The molecule has 20 heavy (non-hydrogen) atoms. The van der Waals surface area contributed by atoms with Gasteiger partial charge in [0.25, 0.3) is 5.91 Å². The standard InChI is InChI=1S/C16H15N3O/c1-12-4-6-14(7-5-12)19-16(20)15-8-10-18-11-13(15)3-2-9-17/h4-8,10-11H,9,17H2,1H3,(H,19,20). The number of amides is 1. The quantitative estimate of drug-likeness (QED) is 0.815. The largest absolute Gasteiger partial charge is 0.322 e. The molecule has 3 N–H and O–H groups in total. The lowest BCUT2D eigenvalue weighted by molar-refractivity contribution is 0.102. The highest BCUT2D eigenvalue weighted by molar-refractivity contribution is 6.05. The first kappa shape index (κ1) is 13.8. The third-order valence-corrected chi connectivity index (χ3v) is 2.70. The Morgan fingerprint density at radius 3 is 2.75 bits per heavy atom. The summed E-state index contributed by atoms with van der Waals surface area (Å²) in [6, 6.07) is 9.25. The molecule has 1 amide bonds. The number of hydrogen-bond acceptors (Lipinski definition) is 3. The first-order valence-electron chi connectivity index (χ1n) is 6.21. The fourth-order valence-electron chi connectivity index (χ4n) is 1.67. The topological polar surface area (TPSA) is 68.0 Å². The summed E-state index contributed by atoms with van der Waals surface area (Å²) in [5.41, 5.74) is 8.29. The highest BCUT2D eigenvalue weighted by atomic mass is 16.1. The molecule has 1 heterocycles. The average molecular weight is 265 g/mol. The molecule has 2 aromatic rings.